The van der Waals surface area contributed by atoms with Crippen LogP contribution in [0.4, 0.5) is 0 Å². The lowest BCUT2D eigenvalue weighted by molar-refractivity contribution is -0.0508. The molecule has 82 valence electrons. The van der Waals surface area contributed by atoms with Crippen LogP contribution in [0.15, 0.2) is 22.7 Å². The molecule has 15 heavy (non-hydrogen) atoms. The van der Waals surface area contributed by atoms with Gasteiger partial charge in [-0.2, -0.15) is 0 Å². The van der Waals surface area contributed by atoms with Gasteiger partial charge >= 0.3 is 0 Å². The molecule has 2 rings (SSSR count). The maximum atomic E-state index is 5.63. The van der Waals surface area contributed by atoms with Gasteiger partial charge in [0, 0.05) is 12.0 Å². The minimum Gasteiger partial charge on any atom is -0.495 e. The highest BCUT2D eigenvalue weighted by Gasteiger charge is 2.18. The second-order valence-electron chi connectivity index (χ2n) is 3.51. The molecule has 0 atom stereocenters. The fraction of sp³-hybridized carbons (Fsp3) is 0.455. The van der Waals surface area contributed by atoms with E-state index in [0.717, 1.165) is 29.2 Å². The summed E-state index contributed by atoms with van der Waals surface area (Å²) in [5, 5.41) is 0. The highest BCUT2D eigenvalue weighted by molar-refractivity contribution is 9.10. The minimum atomic E-state index is 0.541. The van der Waals surface area contributed by atoms with Crippen LogP contribution >= 0.6 is 15.9 Å². The van der Waals surface area contributed by atoms with Crippen LogP contribution in [-0.2, 0) is 4.74 Å². The van der Waals surface area contributed by atoms with Crippen LogP contribution in [0.5, 0.6) is 11.5 Å². The van der Waals surface area contributed by atoms with Crippen molar-refractivity contribution < 1.29 is 14.2 Å². The molecule has 1 heterocycles. The largest absolute Gasteiger partial charge is 0.495 e. The first-order chi connectivity index (χ1) is 7.29. The lowest BCUT2D eigenvalue weighted by atomic mass is 10.1. The van der Waals surface area contributed by atoms with E-state index < -0.39 is 0 Å². The number of hydrogen-bond acceptors (Lipinski definition) is 3. The van der Waals surface area contributed by atoms with Crippen LogP contribution in [0, 0.1) is 5.92 Å². The predicted octanol–water partition coefficient (Wildman–Crippen LogP) is 2.48. The highest BCUT2D eigenvalue weighted by atomic mass is 79.9. The average molecular weight is 273 g/mol. The van der Waals surface area contributed by atoms with Crippen molar-refractivity contribution in [1.82, 2.24) is 0 Å². The normalized spacial score (nSPS) is 15.9. The molecule has 4 heteroatoms. The van der Waals surface area contributed by atoms with Gasteiger partial charge in [0.05, 0.1) is 31.4 Å². The zero-order valence-corrected chi connectivity index (χ0v) is 10.1. The third-order valence-electron chi connectivity index (χ3n) is 2.32. The van der Waals surface area contributed by atoms with E-state index in [1.807, 2.05) is 18.2 Å². The number of halogens is 1. The lowest BCUT2D eigenvalue weighted by Gasteiger charge is -2.25. The molecule has 0 aromatic heterocycles. The van der Waals surface area contributed by atoms with Crippen LogP contribution < -0.4 is 9.47 Å². The summed E-state index contributed by atoms with van der Waals surface area (Å²) in [7, 11) is 1.64. The van der Waals surface area contributed by atoms with Gasteiger partial charge < -0.3 is 14.2 Å². The summed E-state index contributed by atoms with van der Waals surface area (Å²) < 4.78 is 16.8. The number of benzene rings is 1. The molecular weight excluding hydrogens is 260 g/mol. The van der Waals surface area contributed by atoms with Crippen molar-refractivity contribution >= 4 is 15.9 Å². The van der Waals surface area contributed by atoms with Crippen molar-refractivity contribution in [3.05, 3.63) is 22.7 Å². The third kappa shape index (κ3) is 2.63. The molecule has 1 aliphatic rings. The molecule has 3 nitrogen and oxygen atoms in total. The van der Waals surface area contributed by atoms with Crippen LogP contribution in [0.3, 0.4) is 0 Å². The van der Waals surface area contributed by atoms with E-state index >= 15 is 0 Å². The second kappa shape index (κ2) is 4.86. The van der Waals surface area contributed by atoms with E-state index in [0.29, 0.717) is 12.5 Å². The fourth-order valence-corrected chi connectivity index (χ4v) is 1.73. The van der Waals surface area contributed by atoms with Crippen molar-refractivity contribution in [3.8, 4) is 11.5 Å². The van der Waals surface area contributed by atoms with Gasteiger partial charge in [-0.05, 0) is 28.1 Å². The van der Waals surface area contributed by atoms with Gasteiger partial charge in [-0.3, -0.25) is 0 Å². The van der Waals surface area contributed by atoms with Crippen molar-refractivity contribution in [2.24, 2.45) is 5.92 Å². The number of hydrogen-bond donors (Lipinski definition) is 0. The zero-order chi connectivity index (χ0) is 10.7. The second-order valence-corrected chi connectivity index (χ2v) is 4.37. The molecular formula is C11H13BrO3. The summed E-state index contributed by atoms with van der Waals surface area (Å²) in [6.07, 6.45) is 0. The van der Waals surface area contributed by atoms with Gasteiger partial charge in [-0.1, -0.05) is 0 Å². The Morgan fingerprint density at radius 1 is 1.47 bits per heavy atom. The van der Waals surface area contributed by atoms with Crippen molar-refractivity contribution in [3.63, 3.8) is 0 Å². The van der Waals surface area contributed by atoms with Gasteiger partial charge in [-0.15, -0.1) is 0 Å². The molecule has 0 spiro atoms. The van der Waals surface area contributed by atoms with E-state index in [1.54, 1.807) is 7.11 Å². The molecule has 1 aromatic carbocycles. The highest BCUT2D eigenvalue weighted by Crippen LogP contribution is 2.29. The Hall–Kier alpha value is -0.740. The van der Waals surface area contributed by atoms with Gasteiger partial charge in [0.2, 0.25) is 0 Å². The smallest absolute Gasteiger partial charge is 0.136 e. The Morgan fingerprint density at radius 2 is 2.27 bits per heavy atom. The third-order valence-corrected chi connectivity index (χ3v) is 2.97. The Labute approximate surface area is 97.5 Å². The van der Waals surface area contributed by atoms with E-state index in [2.05, 4.69) is 15.9 Å². The first-order valence-corrected chi connectivity index (χ1v) is 5.63. The van der Waals surface area contributed by atoms with Crippen molar-refractivity contribution in [1.29, 1.82) is 0 Å². The van der Waals surface area contributed by atoms with Crippen molar-refractivity contribution in [2.45, 2.75) is 0 Å². The Balaban J connectivity index is 1.95. The average Bonchev–Trinajstić information content (AvgIpc) is 2.18. The predicted molar refractivity (Wildman–Crippen MR) is 60.5 cm³/mol. The van der Waals surface area contributed by atoms with Crippen LogP contribution in [0.1, 0.15) is 0 Å². The molecule has 0 unspecified atom stereocenters. The van der Waals surface area contributed by atoms with Crippen molar-refractivity contribution in [2.75, 3.05) is 26.9 Å². The van der Waals surface area contributed by atoms with Gasteiger partial charge in [-0.25, -0.2) is 0 Å². The van der Waals surface area contributed by atoms with E-state index in [9.17, 15) is 0 Å². The summed E-state index contributed by atoms with van der Waals surface area (Å²) in [5.41, 5.74) is 0. The van der Waals surface area contributed by atoms with E-state index in [1.165, 1.54) is 0 Å². The van der Waals surface area contributed by atoms with Crippen LogP contribution in [0.25, 0.3) is 0 Å². The molecule has 0 saturated carbocycles. The lowest BCUT2D eigenvalue weighted by Crippen LogP contribution is -2.32. The summed E-state index contributed by atoms with van der Waals surface area (Å²) in [6.45, 7) is 2.34. The molecule has 0 N–H and O–H groups in total. The van der Waals surface area contributed by atoms with Gasteiger partial charge in [0.15, 0.2) is 0 Å². The minimum absolute atomic E-state index is 0.541. The SMILES string of the molecule is COc1cc(OCC2COC2)ccc1Br. The summed E-state index contributed by atoms with van der Waals surface area (Å²) in [4.78, 5) is 0. The molecule has 0 radical (unpaired) electrons. The maximum Gasteiger partial charge on any atom is 0.136 e. The number of rotatable bonds is 4. The molecule has 1 aliphatic heterocycles. The van der Waals surface area contributed by atoms with Crippen LogP contribution in [-0.4, -0.2) is 26.9 Å². The summed E-state index contributed by atoms with van der Waals surface area (Å²) in [6, 6.07) is 5.72. The first-order valence-electron chi connectivity index (χ1n) is 4.83. The van der Waals surface area contributed by atoms with Crippen LogP contribution in [0.2, 0.25) is 0 Å². The number of methoxy groups -OCH3 is 1. The summed E-state index contributed by atoms with van der Waals surface area (Å²) >= 11 is 3.39. The zero-order valence-electron chi connectivity index (χ0n) is 8.53. The summed E-state index contributed by atoms with van der Waals surface area (Å²) in [5.74, 6) is 2.17. The topological polar surface area (TPSA) is 27.7 Å². The first kappa shape index (κ1) is 10.8. The quantitative estimate of drug-likeness (QED) is 0.843. The van der Waals surface area contributed by atoms with E-state index in [-0.39, 0.29) is 0 Å². The van der Waals surface area contributed by atoms with Gasteiger partial charge in [0.1, 0.15) is 11.5 Å². The molecule has 1 saturated heterocycles. The standard InChI is InChI=1S/C11H13BrO3/c1-13-11-4-9(2-3-10(11)12)15-7-8-5-14-6-8/h2-4,8H,5-7H2,1H3. The Morgan fingerprint density at radius 3 is 2.87 bits per heavy atom. The molecule has 1 aromatic rings. The molecule has 0 aliphatic carbocycles. The molecule has 0 bridgehead atoms. The molecule has 0 amide bonds. The van der Waals surface area contributed by atoms with E-state index in [4.69, 9.17) is 14.2 Å². The maximum absolute atomic E-state index is 5.63. The Kier molecular flexibility index (Phi) is 3.49. The fourth-order valence-electron chi connectivity index (χ4n) is 1.32. The Bertz CT molecular complexity index is 337. The monoisotopic (exact) mass is 272 g/mol. The molecule has 1 fully saturated rings. The van der Waals surface area contributed by atoms with Gasteiger partial charge in [0.25, 0.3) is 0 Å². The number of ether oxygens (including phenoxy) is 3.